The summed E-state index contributed by atoms with van der Waals surface area (Å²) in [6.07, 6.45) is 8.76. The zero-order valence-corrected chi connectivity index (χ0v) is 8.30. The highest BCUT2D eigenvalue weighted by Gasteiger charge is 2.00. The molecule has 0 atom stereocenters. The number of rotatable bonds is 2. The first kappa shape index (κ1) is 9.56. The number of allylic oxidation sites excluding steroid dienone is 4. The van der Waals surface area contributed by atoms with Crippen LogP contribution in [0.5, 0.6) is 0 Å². The Kier molecular flexibility index (Phi) is 2.86. The molecule has 3 nitrogen and oxygen atoms in total. The fraction of sp³-hybridized carbons (Fsp3) is 0.167. The lowest BCUT2D eigenvalue weighted by Gasteiger charge is -2.06. The monoisotopic (exact) mass is 197 g/mol. The van der Waals surface area contributed by atoms with E-state index in [1.807, 2.05) is 24.3 Å². The van der Waals surface area contributed by atoms with Gasteiger partial charge >= 0.3 is 0 Å². The third-order valence-corrected chi connectivity index (χ3v) is 2.36. The Morgan fingerprint density at radius 2 is 1.93 bits per heavy atom. The number of azide groups is 1. The molecule has 0 heterocycles. The molecule has 0 aliphatic heterocycles. The third kappa shape index (κ3) is 2.27. The second kappa shape index (κ2) is 4.49. The van der Waals surface area contributed by atoms with E-state index in [9.17, 15) is 0 Å². The maximum Gasteiger partial charge on any atom is 0.0375 e. The largest absolute Gasteiger partial charge is 0.0836 e. The van der Waals surface area contributed by atoms with Crippen molar-refractivity contribution in [1.82, 2.24) is 0 Å². The number of hydrogen-bond donors (Lipinski definition) is 0. The lowest BCUT2D eigenvalue weighted by atomic mass is 10.00. The zero-order valence-electron chi connectivity index (χ0n) is 8.30. The van der Waals surface area contributed by atoms with Crippen LogP contribution in [0.2, 0.25) is 0 Å². The van der Waals surface area contributed by atoms with Crippen LogP contribution >= 0.6 is 0 Å². The Hall–Kier alpha value is -1.99. The first-order valence-electron chi connectivity index (χ1n) is 4.92. The SMILES string of the molecule is [N-]=[N+]=Nc1ccc(C2=CCCC=C2)cc1. The molecule has 0 bridgehead atoms. The Labute approximate surface area is 88.4 Å². The Balaban J connectivity index is 2.27. The molecule has 0 aromatic heterocycles. The molecule has 3 heteroatoms. The van der Waals surface area contributed by atoms with Gasteiger partial charge in [0.25, 0.3) is 0 Å². The van der Waals surface area contributed by atoms with Gasteiger partial charge in [0.2, 0.25) is 0 Å². The highest BCUT2D eigenvalue weighted by molar-refractivity contribution is 5.75. The van der Waals surface area contributed by atoms with Crippen molar-refractivity contribution in [1.29, 1.82) is 0 Å². The molecule has 2 rings (SSSR count). The smallest absolute Gasteiger partial charge is 0.0375 e. The van der Waals surface area contributed by atoms with E-state index in [1.54, 1.807) is 0 Å². The summed E-state index contributed by atoms with van der Waals surface area (Å²) in [4.78, 5) is 2.74. The third-order valence-electron chi connectivity index (χ3n) is 2.36. The van der Waals surface area contributed by atoms with Gasteiger partial charge in [-0.3, -0.25) is 0 Å². The normalized spacial score (nSPS) is 14.3. The van der Waals surface area contributed by atoms with Crippen LogP contribution in [-0.2, 0) is 0 Å². The van der Waals surface area contributed by atoms with E-state index >= 15 is 0 Å². The molecule has 0 fully saturated rings. The fourth-order valence-corrected chi connectivity index (χ4v) is 1.60. The van der Waals surface area contributed by atoms with Crippen molar-refractivity contribution in [2.75, 3.05) is 0 Å². The van der Waals surface area contributed by atoms with Crippen molar-refractivity contribution in [2.45, 2.75) is 12.8 Å². The maximum absolute atomic E-state index is 8.27. The van der Waals surface area contributed by atoms with Gasteiger partial charge in [0.15, 0.2) is 0 Å². The van der Waals surface area contributed by atoms with Gasteiger partial charge in [0.1, 0.15) is 0 Å². The van der Waals surface area contributed by atoms with Crippen LogP contribution in [0.25, 0.3) is 16.0 Å². The van der Waals surface area contributed by atoms with Crippen LogP contribution in [0.3, 0.4) is 0 Å². The second-order valence-corrected chi connectivity index (χ2v) is 3.38. The van der Waals surface area contributed by atoms with Gasteiger partial charge in [0, 0.05) is 10.6 Å². The highest BCUT2D eigenvalue weighted by atomic mass is 15.1. The molecule has 74 valence electrons. The predicted octanol–water partition coefficient (Wildman–Crippen LogP) is 4.36. The van der Waals surface area contributed by atoms with Crippen LogP contribution in [0.4, 0.5) is 5.69 Å². The average Bonchev–Trinajstić information content (AvgIpc) is 2.32. The van der Waals surface area contributed by atoms with Gasteiger partial charge < -0.3 is 0 Å². The molecule has 1 aromatic carbocycles. The minimum atomic E-state index is 0.654. The summed E-state index contributed by atoms with van der Waals surface area (Å²) >= 11 is 0. The summed E-state index contributed by atoms with van der Waals surface area (Å²) in [6.45, 7) is 0. The van der Waals surface area contributed by atoms with Crippen LogP contribution in [0.15, 0.2) is 47.6 Å². The summed E-state index contributed by atoms with van der Waals surface area (Å²) in [7, 11) is 0. The molecule has 0 spiro atoms. The summed E-state index contributed by atoms with van der Waals surface area (Å²) in [5.41, 5.74) is 11.3. The summed E-state index contributed by atoms with van der Waals surface area (Å²) in [5.74, 6) is 0. The minimum Gasteiger partial charge on any atom is -0.0836 e. The van der Waals surface area contributed by atoms with Crippen LogP contribution < -0.4 is 0 Å². The summed E-state index contributed by atoms with van der Waals surface area (Å²) < 4.78 is 0. The predicted molar refractivity (Wildman–Crippen MR) is 61.6 cm³/mol. The summed E-state index contributed by atoms with van der Waals surface area (Å²) in [6, 6.07) is 7.62. The molecule has 0 unspecified atom stereocenters. The van der Waals surface area contributed by atoms with Crippen molar-refractivity contribution in [3.05, 3.63) is 58.5 Å². The summed E-state index contributed by atoms with van der Waals surface area (Å²) in [5, 5.41) is 3.54. The van der Waals surface area contributed by atoms with E-state index in [1.165, 1.54) is 11.1 Å². The first-order chi connectivity index (χ1) is 7.40. The van der Waals surface area contributed by atoms with E-state index in [2.05, 4.69) is 28.3 Å². The molecule has 0 saturated heterocycles. The van der Waals surface area contributed by atoms with Crippen molar-refractivity contribution < 1.29 is 0 Å². The van der Waals surface area contributed by atoms with Gasteiger partial charge in [-0.15, -0.1) is 0 Å². The Morgan fingerprint density at radius 1 is 1.13 bits per heavy atom. The van der Waals surface area contributed by atoms with E-state index in [-0.39, 0.29) is 0 Å². The number of benzene rings is 1. The standard InChI is InChI=1S/C12H11N3/c13-15-14-12-8-6-11(7-9-12)10-4-2-1-3-5-10/h2,4-9H,1,3H2. The molecule has 1 aromatic rings. The van der Waals surface area contributed by atoms with Gasteiger partial charge in [0.05, 0.1) is 0 Å². The highest BCUT2D eigenvalue weighted by Crippen LogP contribution is 2.23. The van der Waals surface area contributed by atoms with E-state index in [4.69, 9.17) is 5.53 Å². The maximum atomic E-state index is 8.27. The quantitative estimate of drug-likeness (QED) is 0.384. The zero-order chi connectivity index (χ0) is 10.5. The molecule has 0 saturated carbocycles. The van der Waals surface area contributed by atoms with Gasteiger partial charge in [-0.05, 0) is 29.5 Å². The second-order valence-electron chi connectivity index (χ2n) is 3.38. The van der Waals surface area contributed by atoms with Crippen molar-refractivity contribution >= 4 is 11.3 Å². The number of hydrogen-bond acceptors (Lipinski definition) is 1. The number of nitrogens with zero attached hydrogens (tertiary/aromatic N) is 3. The molecule has 15 heavy (non-hydrogen) atoms. The van der Waals surface area contributed by atoms with Crippen molar-refractivity contribution in [2.24, 2.45) is 5.11 Å². The lowest BCUT2D eigenvalue weighted by molar-refractivity contribution is 1.04. The van der Waals surface area contributed by atoms with E-state index in [0.717, 1.165) is 12.8 Å². The lowest BCUT2D eigenvalue weighted by Crippen LogP contribution is -1.84. The van der Waals surface area contributed by atoms with Gasteiger partial charge in [-0.2, -0.15) is 0 Å². The van der Waals surface area contributed by atoms with Gasteiger partial charge in [-0.1, -0.05) is 47.6 Å². The molecule has 0 amide bonds. The average molecular weight is 197 g/mol. The Morgan fingerprint density at radius 3 is 2.53 bits per heavy atom. The molecule has 0 radical (unpaired) electrons. The minimum absolute atomic E-state index is 0.654. The van der Waals surface area contributed by atoms with E-state index < -0.39 is 0 Å². The molecule has 1 aliphatic rings. The van der Waals surface area contributed by atoms with Crippen LogP contribution in [-0.4, -0.2) is 0 Å². The van der Waals surface area contributed by atoms with Crippen LogP contribution in [0.1, 0.15) is 18.4 Å². The van der Waals surface area contributed by atoms with Crippen molar-refractivity contribution in [3.63, 3.8) is 0 Å². The Bertz CT molecular complexity index is 448. The van der Waals surface area contributed by atoms with Gasteiger partial charge in [-0.25, -0.2) is 0 Å². The van der Waals surface area contributed by atoms with Crippen LogP contribution in [0, 0.1) is 0 Å². The first-order valence-corrected chi connectivity index (χ1v) is 4.92. The van der Waals surface area contributed by atoms with E-state index in [0.29, 0.717) is 5.69 Å². The molecule has 1 aliphatic carbocycles. The fourth-order valence-electron chi connectivity index (χ4n) is 1.60. The molecule has 0 N–H and O–H groups in total. The molecular formula is C12H11N3. The van der Waals surface area contributed by atoms with Crippen molar-refractivity contribution in [3.8, 4) is 0 Å². The molecular weight excluding hydrogens is 186 g/mol. The topological polar surface area (TPSA) is 48.8 Å².